The number of alkyl halides is 1. The second-order valence-electron chi connectivity index (χ2n) is 15.8. The molecule has 4 aliphatic rings. The average Bonchev–Trinajstić information content (AvgIpc) is 3.26. The van der Waals surface area contributed by atoms with Crippen molar-refractivity contribution in [1.82, 2.24) is 0 Å². The zero-order valence-electron chi connectivity index (χ0n) is 26.4. The highest BCUT2D eigenvalue weighted by Crippen LogP contribution is 2.60. The molecule has 7 atom stereocenters. The summed E-state index contributed by atoms with van der Waals surface area (Å²) in [6, 6.07) is 0. The maximum absolute atomic E-state index is 15.5. The molecule has 4 rings (SSSR count). The highest BCUT2D eigenvalue weighted by Gasteiger charge is 2.53. The predicted octanol–water partition coefficient (Wildman–Crippen LogP) is 9.56. The van der Waals surface area contributed by atoms with Crippen molar-refractivity contribution in [3.63, 3.8) is 0 Å². The van der Waals surface area contributed by atoms with E-state index >= 15 is 4.39 Å². The van der Waals surface area contributed by atoms with Crippen LogP contribution >= 0.6 is 0 Å². The molecule has 0 aromatic carbocycles. The highest BCUT2D eigenvalue weighted by molar-refractivity contribution is 7.93. The first-order valence-electron chi connectivity index (χ1n) is 16.0. The van der Waals surface area contributed by atoms with E-state index in [0.717, 1.165) is 37.2 Å². The Morgan fingerprint density at radius 2 is 1.77 bits per heavy atom. The third kappa shape index (κ3) is 6.05. The van der Waals surface area contributed by atoms with Gasteiger partial charge in [-0.25, -0.2) is 12.8 Å². The number of hydrogen-bond donors (Lipinski definition) is 0. The van der Waals surface area contributed by atoms with Crippen LogP contribution in [0.4, 0.5) is 4.39 Å². The molecule has 0 radical (unpaired) electrons. The molecule has 39 heavy (non-hydrogen) atoms. The van der Waals surface area contributed by atoms with Gasteiger partial charge < -0.3 is 4.43 Å². The van der Waals surface area contributed by atoms with Gasteiger partial charge in [-0.05, 0) is 110 Å². The lowest BCUT2D eigenvalue weighted by Gasteiger charge is -2.45. The monoisotopic (exact) mass is 580 g/mol. The van der Waals surface area contributed by atoms with E-state index in [-0.39, 0.29) is 16.6 Å². The molecule has 2 saturated carbocycles. The van der Waals surface area contributed by atoms with E-state index in [0.29, 0.717) is 36.2 Å². The molecule has 0 spiro atoms. The minimum atomic E-state index is -3.90. The Balaban J connectivity index is 1.57. The Morgan fingerprint density at radius 3 is 2.41 bits per heavy atom. The number of fused-ring (bicyclic) bond motifs is 1. The second-order valence-corrected chi connectivity index (χ2v) is 22.6. The van der Waals surface area contributed by atoms with Gasteiger partial charge in [0.05, 0.1) is 0 Å². The topological polar surface area (TPSA) is 43.4 Å². The summed E-state index contributed by atoms with van der Waals surface area (Å²) < 4.78 is 49.2. The maximum atomic E-state index is 15.5. The largest absolute Gasteiger partial charge is 0.414 e. The highest BCUT2D eigenvalue weighted by atomic mass is 32.2. The quantitative estimate of drug-likeness (QED) is 0.212. The fourth-order valence-corrected chi connectivity index (χ4v) is 11.7. The van der Waals surface area contributed by atoms with Crippen LogP contribution in [-0.2, 0) is 14.3 Å². The molecule has 0 bridgehead atoms. The predicted molar refractivity (Wildman–Crippen MR) is 165 cm³/mol. The lowest BCUT2D eigenvalue weighted by Crippen LogP contribution is -2.44. The molecule has 0 N–H and O–H groups in total. The van der Waals surface area contributed by atoms with E-state index in [2.05, 4.69) is 61.6 Å². The number of rotatable bonds is 8. The van der Waals surface area contributed by atoms with Gasteiger partial charge in [0.25, 0.3) is 0 Å². The number of halogens is 1. The zero-order chi connectivity index (χ0) is 29.0. The first-order valence-corrected chi connectivity index (χ1v) is 20.5. The lowest BCUT2D eigenvalue weighted by atomic mass is 9.60. The van der Waals surface area contributed by atoms with Crippen LogP contribution < -0.4 is 0 Å². The van der Waals surface area contributed by atoms with Crippen molar-refractivity contribution < 1.29 is 17.2 Å². The smallest absolute Gasteiger partial charge is 0.223 e. The SMILES string of the molecule is CC(C)CCC[C@@H](C)[C@H]1CC[C@H]2/C(=C/[C@@H]3C4=C(CC[C@H](O[Si](C)(C)C(C)(C)C)C4)[C@H](F)S3(=O)=O)CCC[C@]12C. The Kier molecular flexibility index (Phi) is 9.13. The van der Waals surface area contributed by atoms with Crippen LogP contribution in [0.2, 0.25) is 18.1 Å². The first-order chi connectivity index (χ1) is 18.0. The molecule has 0 aromatic rings. The molecule has 3 nitrogen and oxygen atoms in total. The van der Waals surface area contributed by atoms with Gasteiger partial charge in [-0.3, -0.25) is 0 Å². The number of sulfone groups is 1. The summed E-state index contributed by atoms with van der Waals surface area (Å²) in [5.41, 5.74) is 1.08. The van der Waals surface area contributed by atoms with Gasteiger partial charge in [-0.15, -0.1) is 0 Å². The van der Waals surface area contributed by atoms with Crippen LogP contribution in [0.15, 0.2) is 22.8 Å². The molecule has 0 unspecified atom stereocenters. The van der Waals surface area contributed by atoms with E-state index in [1.165, 1.54) is 37.7 Å². The number of hydrogen-bond acceptors (Lipinski definition) is 3. The van der Waals surface area contributed by atoms with Gasteiger partial charge >= 0.3 is 0 Å². The van der Waals surface area contributed by atoms with Crippen LogP contribution in [0.5, 0.6) is 0 Å². The van der Waals surface area contributed by atoms with Crippen molar-refractivity contribution in [3.8, 4) is 0 Å². The molecule has 0 amide bonds. The van der Waals surface area contributed by atoms with Crippen molar-refractivity contribution in [2.45, 2.75) is 154 Å². The first kappa shape index (κ1) is 31.5. The zero-order valence-corrected chi connectivity index (χ0v) is 28.2. The minimum Gasteiger partial charge on any atom is -0.414 e. The Hall–Kier alpha value is -0.463. The lowest BCUT2D eigenvalue weighted by molar-refractivity contribution is 0.0926. The van der Waals surface area contributed by atoms with E-state index < -0.39 is 28.9 Å². The molecule has 0 aromatic heterocycles. The van der Waals surface area contributed by atoms with Crippen molar-refractivity contribution in [2.75, 3.05) is 0 Å². The maximum Gasteiger partial charge on any atom is 0.223 e. The van der Waals surface area contributed by atoms with Gasteiger partial charge in [-0.1, -0.05) is 79.4 Å². The summed E-state index contributed by atoms with van der Waals surface area (Å²) >= 11 is 0. The molecule has 224 valence electrons. The van der Waals surface area contributed by atoms with Gasteiger partial charge in [0.2, 0.25) is 5.50 Å². The molecular weight excluding hydrogens is 524 g/mol. The van der Waals surface area contributed by atoms with Crippen molar-refractivity contribution >= 4 is 18.2 Å². The normalized spacial score (nSPS) is 36.9. The Bertz CT molecular complexity index is 1070. The van der Waals surface area contributed by atoms with E-state index in [4.69, 9.17) is 4.43 Å². The minimum absolute atomic E-state index is 0.00906. The summed E-state index contributed by atoms with van der Waals surface area (Å²) in [4.78, 5) is 0. The molecule has 2 fully saturated rings. The van der Waals surface area contributed by atoms with Gasteiger partial charge in [0, 0.05) is 6.10 Å². The van der Waals surface area contributed by atoms with E-state index in [1.54, 1.807) is 0 Å². The van der Waals surface area contributed by atoms with Crippen LogP contribution in [-0.4, -0.2) is 33.6 Å². The Labute approximate surface area is 240 Å². The van der Waals surface area contributed by atoms with Crippen LogP contribution in [0.1, 0.15) is 119 Å². The van der Waals surface area contributed by atoms with Crippen LogP contribution in [0.3, 0.4) is 0 Å². The summed E-state index contributed by atoms with van der Waals surface area (Å²) in [5, 5.41) is -0.710. The van der Waals surface area contributed by atoms with E-state index in [9.17, 15) is 8.42 Å². The molecule has 6 heteroatoms. The molecular formula is C33H57FO3SSi. The summed E-state index contributed by atoms with van der Waals surface area (Å²) in [5.74, 6) is 2.58. The molecule has 1 heterocycles. The fraction of sp³-hybridized carbons (Fsp3) is 0.879. The van der Waals surface area contributed by atoms with E-state index in [1.807, 2.05) is 6.08 Å². The second kappa shape index (κ2) is 11.3. The third-order valence-electron chi connectivity index (χ3n) is 11.7. The molecule has 3 aliphatic carbocycles. The summed E-state index contributed by atoms with van der Waals surface area (Å²) in [6.45, 7) is 20.8. The average molecular weight is 581 g/mol. The molecule has 1 aliphatic heterocycles. The standard InChI is InChI=1S/C33H57FO3SSi/c1-22(2)12-10-13-23(3)28-17-18-29-24(14-11-19-33(28,29)7)20-30-27-21-25(37-39(8,9)32(4,5)6)15-16-26(27)31(34)38(30,35)36/h20,22-23,25,28-31H,10-19,21H2,1-9H3/b24-20+/t23-,25+,28-,29+,30-,31-,33-/m1/s1. The van der Waals surface area contributed by atoms with Crippen molar-refractivity contribution in [2.24, 2.45) is 29.1 Å². The van der Waals surface area contributed by atoms with Gasteiger partial charge in [0.15, 0.2) is 18.2 Å². The van der Waals surface area contributed by atoms with Crippen molar-refractivity contribution in [3.05, 3.63) is 22.8 Å². The van der Waals surface area contributed by atoms with Gasteiger partial charge in [0.1, 0.15) is 5.25 Å². The molecule has 0 saturated heterocycles. The summed E-state index contributed by atoms with van der Waals surface area (Å²) in [6.07, 6.45) is 13.4. The third-order valence-corrected chi connectivity index (χ3v) is 18.2. The fourth-order valence-electron chi connectivity index (χ4n) is 8.39. The van der Waals surface area contributed by atoms with Crippen LogP contribution in [0.25, 0.3) is 0 Å². The number of allylic oxidation sites excluding steroid dienone is 1. The van der Waals surface area contributed by atoms with Crippen LogP contribution in [0, 0.1) is 29.1 Å². The van der Waals surface area contributed by atoms with Gasteiger partial charge in [-0.2, -0.15) is 0 Å². The van der Waals surface area contributed by atoms with Crippen molar-refractivity contribution in [1.29, 1.82) is 0 Å². The Morgan fingerprint density at radius 1 is 1.08 bits per heavy atom. The summed E-state index contributed by atoms with van der Waals surface area (Å²) in [7, 11) is -5.90.